The predicted octanol–water partition coefficient (Wildman–Crippen LogP) is -0.146. The fraction of sp³-hybridized carbons (Fsp3) is 0.500. The monoisotopic (exact) mass is 284 g/mol. The summed E-state index contributed by atoms with van der Waals surface area (Å²) in [6.07, 6.45) is 2.38. The van der Waals surface area contributed by atoms with Gasteiger partial charge in [0.05, 0.1) is 19.3 Å². The Labute approximate surface area is 117 Å². The number of hydrazone groups is 1. The van der Waals surface area contributed by atoms with Crippen LogP contribution >= 0.6 is 0 Å². The van der Waals surface area contributed by atoms with Gasteiger partial charge in [0, 0.05) is 32.3 Å². The normalized spacial score (nSPS) is 12.9. The third kappa shape index (κ3) is 6.53. The van der Waals surface area contributed by atoms with E-state index in [0.717, 1.165) is 0 Å². The molecule has 0 spiro atoms. The minimum absolute atomic E-state index is 0.0767. The van der Waals surface area contributed by atoms with E-state index in [1.807, 2.05) is 5.43 Å². The van der Waals surface area contributed by atoms with Crippen LogP contribution in [-0.4, -0.2) is 49.5 Å². The number of nitrogens with one attached hydrogen (secondary N) is 1. The number of nitrogens with zero attached hydrogens (tertiary/aromatic N) is 2. The summed E-state index contributed by atoms with van der Waals surface area (Å²) >= 11 is 0. The summed E-state index contributed by atoms with van der Waals surface area (Å²) in [6, 6.07) is -0.842. The number of primary amides is 1. The van der Waals surface area contributed by atoms with E-state index >= 15 is 0 Å². The molecular formula is C12H20N4O4. The Hall–Kier alpha value is -2.38. The molecule has 8 heteroatoms. The molecule has 8 nitrogen and oxygen atoms in total. The Morgan fingerprint density at radius 3 is 2.45 bits per heavy atom. The van der Waals surface area contributed by atoms with Gasteiger partial charge in [-0.05, 0) is 6.92 Å². The fourth-order valence-corrected chi connectivity index (χ4v) is 1.36. The molecule has 0 aliphatic rings. The predicted molar refractivity (Wildman–Crippen MR) is 73.8 cm³/mol. The van der Waals surface area contributed by atoms with Gasteiger partial charge >= 0.3 is 6.03 Å². The molecule has 0 bridgehead atoms. The zero-order chi connectivity index (χ0) is 15.7. The van der Waals surface area contributed by atoms with Crippen LogP contribution in [0.2, 0.25) is 0 Å². The number of urea groups is 1. The second kappa shape index (κ2) is 8.68. The number of carbonyl (C=O) groups excluding carboxylic acids is 3. The molecule has 20 heavy (non-hydrogen) atoms. The van der Waals surface area contributed by atoms with Crippen molar-refractivity contribution < 1.29 is 19.1 Å². The van der Waals surface area contributed by atoms with Crippen molar-refractivity contribution in [1.29, 1.82) is 0 Å². The molecule has 0 aromatic carbocycles. The van der Waals surface area contributed by atoms with Gasteiger partial charge in [-0.25, -0.2) is 10.2 Å². The first-order chi connectivity index (χ1) is 9.29. The van der Waals surface area contributed by atoms with Gasteiger partial charge in [-0.1, -0.05) is 0 Å². The molecule has 0 aromatic rings. The molecule has 0 aromatic heterocycles. The lowest BCUT2D eigenvalue weighted by Crippen LogP contribution is -2.36. The summed E-state index contributed by atoms with van der Waals surface area (Å²) in [7, 11) is 4.55. The molecule has 3 N–H and O–H groups in total. The van der Waals surface area contributed by atoms with Gasteiger partial charge in [-0.2, -0.15) is 5.10 Å². The van der Waals surface area contributed by atoms with Crippen molar-refractivity contribution in [3.05, 3.63) is 12.3 Å². The zero-order valence-corrected chi connectivity index (χ0v) is 12.0. The Kier molecular flexibility index (Phi) is 7.64. The largest absolute Gasteiger partial charge is 0.504 e. The van der Waals surface area contributed by atoms with Gasteiger partial charge in [0.25, 0.3) is 0 Å². The van der Waals surface area contributed by atoms with E-state index in [0.29, 0.717) is 5.71 Å². The zero-order valence-electron chi connectivity index (χ0n) is 12.0. The second-order valence-corrected chi connectivity index (χ2v) is 4.22. The molecule has 1 unspecified atom stereocenters. The lowest BCUT2D eigenvalue weighted by Gasteiger charge is -2.19. The summed E-state index contributed by atoms with van der Waals surface area (Å²) in [4.78, 5) is 35.7. The van der Waals surface area contributed by atoms with Gasteiger partial charge in [-0.3, -0.25) is 9.59 Å². The SMILES string of the molecule is CO/C=C/C(=O)CC(C(=O)N(C)C)/C(C)=N/NC(N)=O. The van der Waals surface area contributed by atoms with E-state index in [-0.39, 0.29) is 18.1 Å². The summed E-state index contributed by atoms with van der Waals surface area (Å²) < 4.78 is 4.64. The highest BCUT2D eigenvalue weighted by atomic mass is 16.5. The Balaban J connectivity index is 5.04. The van der Waals surface area contributed by atoms with Crippen molar-refractivity contribution in [3.8, 4) is 0 Å². The molecule has 0 rings (SSSR count). The number of allylic oxidation sites excluding steroid dienone is 1. The summed E-state index contributed by atoms with van der Waals surface area (Å²) in [5, 5.41) is 3.70. The molecule has 0 fully saturated rings. The first-order valence-electron chi connectivity index (χ1n) is 5.82. The van der Waals surface area contributed by atoms with Gasteiger partial charge in [-0.15, -0.1) is 0 Å². The van der Waals surface area contributed by atoms with Crippen LogP contribution in [0.15, 0.2) is 17.4 Å². The Bertz CT molecular complexity index is 429. The highest BCUT2D eigenvalue weighted by Gasteiger charge is 2.25. The lowest BCUT2D eigenvalue weighted by molar-refractivity contribution is -0.132. The number of ketones is 1. The van der Waals surface area contributed by atoms with E-state index < -0.39 is 11.9 Å². The van der Waals surface area contributed by atoms with Crippen LogP contribution in [0.4, 0.5) is 4.79 Å². The molecule has 0 saturated carbocycles. The van der Waals surface area contributed by atoms with Crippen LogP contribution in [0.5, 0.6) is 0 Å². The summed E-state index contributed by atoms with van der Waals surface area (Å²) in [5.74, 6) is -1.36. The first-order valence-corrected chi connectivity index (χ1v) is 5.82. The van der Waals surface area contributed by atoms with Crippen molar-refractivity contribution in [2.75, 3.05) is 21.2 Å². The van der Waals surface area contributed by atoms with E-state index in [9.17, 15) is 14.4 Å². The third-order valence-electron chi connectivity index (χ3n) is 2.38. The molecule has 3 amide bonds. The average Bonchev–Trinajstić information content (AvgIpc) is 2.38. The van der Waals surface area contributed by atoms with Crippen molar-refractivity contribution >= 4 is 23.4 Å². The standard InChI is InChI=1S/C12H20N4O4/c1-8(14-15-12(13)19)10(11(18)16(2)3)7-9(17)5-6-20-4/h5-6,10H,7H2,1-4H3,(H3,13,15,19)/b6-5+,14-8+. The molecule has 0 heterocycles. The van der Waals surface area contributed by atoms with Crippen molar-refractivity contribution in [1.82, 2.24) is 10.3 Å². The lowest BCUT2D eigenvalue weighted by atomic mass is 9.96. The van der Waals surface area contributed by atoms with E-state index in [1.165, 1.54) is 31.3 Å². The fourth-order valence-electron chi connectivity index (χ4n) is 1.36. The maximum absolute atomic E-state index is 12.0. The molecule has 0 aliphatic heterocycles. The van der Waals surface area contributed by atoms with Crippen LogP contribution in [0.25, 0.3) is 0 Å². The maximum atomic E-state index is 12.0. The Morgan fingerprint density at radius 1 is 1.40 bits per heavy atom. The number of rotatable bonds is 7. The van der Waals surface area contributed by atoms with Crippen molar-refractivity contribution in [2.24, 2.45) is 16.8 Å². The molecule has 112 valence electrons. The van der Waals surface area contributed by atoms with Crippen LogP contribution in [0.3, 0.4) is 0 Å². The number of hydrogen-bond donors (Lipinski definition) is 2. The third-order valence-corrected chi connectivity index (χ3v) is 2.38. The number of amides is 3. The minimum Gasteiger partial charge on any atom is -0.504 e. The molecule has 0 radical (unpaired) electrons. The highest BCUT2D eigenvalue weighted by Crippen LogP contribution is 2.10. The smallest absolute Gasteiger partial charge is 0.332 e. The van der Waals surface area contributed by atoms with Gasteiger partial charge in [0.2, 0.25) is 5.91 Å². The maximum Gasteiger partial charge on any atom is 0.332 e. The van der Waals surface area contributed by atoms with Crippen LogP contribution < -0.4 is 11.2 Å². The number of nitrogens with two attached hydrogens (primary N) is 1. The number of methoxy groups -OCH3 is 1. The van der Waals surface area contributed by atoms with Gasteiger partial charge in [0.15, 0.2) is 5.78 Å². The summed E-state index contributed by atoms with van der Waals surface area (Å²) in [6.45, 7) is 1.54. The van der Waals surface area contributed by atoms with Gasteiger partial charge < -0.3 is 15.4 Å². The van der Waals surface area contributed by atoms with E-state index in [4.69, 9.17) is 5.73 Å². The summed E-state index contributed by atoms with van der Waals surface area (Å²) in [5.41, 5.74) is 7.23. The van der Waals surface area contributed by atoms with Crippen LogP contribution in [0, 0.1) is 5.92 Å². The average molecular weight is 284 g/mol. The number of hydrogen-bond acceptors (Lipinski definition) is 5. The van der Waals surface area contributed by atoms with Crippen molar-refractivity contribution in [2.45, 2.75) is 13.3 Å². The van der Waals surface area contributed by atoms with Crippen molar-refractivity contribution in [3.63, 3.8) is 0 Å². The first kappa shape index (κ1) is 17.6. The van der Waals surface area contributed by atoms with Crippen LogP contribution in [-0.2, 0) is 14.3 Å². The topological polar surface area (TPSA) is 114 Å². The molecule has 1 atom stereocenters. The second-order valence-electron chi connectivity index (χ2n) is 4.22. The van der Waals surface area contributed by atoms with Gasteiger partial charge in [0.1, 0.15) is 0 Å². The minimum atomic E-state index is -0.842. The number of carbonyl (C=O) groups is 3. The molecular weight excluding hydrogens is 264 g/mol. The quantitative estimate of drug-likeness (QED) is 0.293. The van der Waals surface area contributed by atoms with E-state index in [1.54, 1.807) is 14.1 Å². The van der Waals surface area contributed by atoms with E-state index in [2.05, 4.69) is 9.84 Å². The Morgan fingerprint density at radius 2 is 2.00 bits per heavy atom. The highest BCUT2D eigenvalue weighted by molar-refractivity contribution is 6.07. The molecule has 0 aliphatic carbocycles. The number of ether oxygens (including phenoxy) is 1. The van der Waals surface area contributed by atoms with Crippen LogP contribution in [0.1, 0.15) is 13.3 Å². The molecule has 0 saturated heterocycles.